The standard InChI is InChI=1S/C23H17Cl2NO4/c24-18-10-6-16(7-11-18)22(21(28)15-4-2-1-3-5-15)30-20(27)14-26-23(29)17-8-12-19(25)13-9-17/h1-13,22H,14H2,(H,26,29). The first kappa shape index (κ1) is 21.6. The number of esters is 1. The monoisotopic (exact) mass is 441 g/mol. The van der Waals surface area contributed by atoms with Crippen LogP contribution in [0.2, 0.25) is 10.0 Å². The van der Waals surface area contributed by atoms with Crippen molar-refractivity contribution in [2.45, 2.75) is 6.10 Å². The first-order valence-corrected chi connectivity index (χ1v) is 9.77. The smallest absolute Gasteiger partial charge is 0.326 e. The molecular weight excluding hydrogens is 425 g/mol. The van der Waals surface area contributed by atoms with E-state index in [-0.39, 0.29) is 5.78 Å². The zero-order chi connectivity index (χ0) is 21.5. The number of hydrogen-bond acceptors (Lipinski definition) is 4. The van der Waals surface area contributed by atoms with Crippen LogP contribution < -0.4 is 5.32 Å². The summed E-state index contributed by atoms with van der Waals surface area (Å²) in [5, 5.41) is 3.46. The molecule has 7 heteroatoms. The van der Waals surface area contributed by atoms with Gasteiger partial charge in [0, 0.05) is 26.7 Å². The Bertz CT molecular complexity index is 1040. The summed E-state index contributed by atoms with van der Waals surface area (Å²) in [6.07, 6.45) is -1.16. The summed E-state index contributed by atoms with van der Waals surface area (Å²) in [6.45, 7) is -0.395. The summed E-state index contributed by atoms with van der Waals surface area (Å²) < 4.78 is 5.43. The van der Waals surface area contributed by atoms with Crippen LogP contribution in [0.25, 0.3) is 0 Å². The van der Waals surface area contributed by atoms with Crippen LogP contribution in [0.4, 0.5) is 0 Å². The van der Waals surface area contributed by atoms with Crippen molar-refractivity contribution < 1.29 is 19.1 Å². The van der Waals surface area contributed by atoms with Crippen LogP contribution in [0, 0.1) is 0 Å². The lowest BCUT2D eigenvalue weighted by Gasteiger charge is -2.18. The second kappa shape index (κ2) is 10.1. The van der Waals surface area contributed by atoms with E-state index in [9.17, 15) is 14.4 Å². The van der Waals surface area contributed by atoms with Crippen molar-refractivity contribution in [2.75, 3.05) is 6.54 Å². The van der Waals surface area contributed by atoms with Gasteiger partial charge in [0.05, 0.1) is 0 Å². The molecule has 1 unspecified atom stereocenters. The van der Waals surface area contributed by atoms with Crippen molar-refractivity contribution in [3.05, 3.63) is 106 Å². The Morgan fingerprint density at radius 2 is 1.33 bits per heavy atom. The summed E-state index contributed by atoms with van der Waals surface area (Å²) in [7, 11) is 0. The molecule has 1 atom stereocenters. The average Bonchev–Trinajstić information content (AvgIpc) is 2.77. The number of ether oxygens (including phenoxy) is 1. The highest BCUT2D eigenvalue weighted by atomic mass is 35.5. The van der Waals surface area contributed by atoms with E-state index in [2.05, 4.69) is 5.32 Å². The van der Waals surface area contributed by atoms with Gasteiger partial charge in [-0.2, -0.15) is 0 Å². The largest absolute Gasteiger partial charge is 0.448 e. The van der Waals surface area contributed by atoms with Crippen LogP contribution in [0.15, 0.2) is 78.9 Å². The molecule has 1 amide bonds. The van der Waals surface area contributed by atoms with Gasteiger partial charge >= 0.3 is 5.97 Å². The van der Waals surface area contributed by atoms with Gasteiger partial charge in [0.1, 0.15) is 6.54 Å². The lowest BCUT2D eigenvalue weighted by Crippen LogP contribution is -2.32. The number of halogens is 2. The molecule has 152 valence electrons. The van der Waals surface area contributed by atoms with Crippen LogP contribution in [0.3, 0.4) is 0 Å². The summed E-state index contributed by atoms with van der Waals surface area (Å²) in [6, 6.07) is 21.2. The maximum atomic E-state index is 12.9. The maximum absolute atomic E-state index is 12.9. The average molecular weight is 442 g/mol. The number of rotatable bonds is 7. The summed E-state index contributed by atoms with van der Waals surface area (Å²) in [5.41, 5.74) is 1.22. The molecule has 0 aliphatic rings. The fraction of sp³-hybridized carbons (Fsp3) is 0.0870. The minimum atomic E-state index is -1.16. The van der Waals surface area contributed by atoms with Gasteiger partial charge in [0.15, 0.2) is 6.10 Å². The van der Waals surface area contributed by atoms with Crippen molar-refractivity contribution in [2.24, 2.45) is 0 Å². The minimum absolute atomic E-state index is 0.349. The van der Waals surface area contributed by atoms with E-state index in [0.717, 1.165) is 0 Å². The van der Waals surface area contributed by atoms with E-state index in [0.29, 0.717) is 26.7 Å². The third kappa shape index (κ3) is 5.69. The van der Waals surface area contributed by atoms with Gasteiger partial charge in [-0.3, -0.25) is 14.4 Å². The van der Waals surface area contributed by atoms with Gasteiger partial charge in [0.2, 0.25) is 5.78 Å². The van der Waals surface area contributed by atoms with E-state index in [1.165, 1.54) is 0 Å². The lowest BCUT2D eigenvalue weighted by molar-refractivity contribution is -0.146. The van der Waals surface area contributed by atoms with Crippen LogP contribution in [0.1, 0.15) is 32.4 Å². The highest BCUT2D eigenvalue weighted by Gasteiger charge is 2.26. The van der Waals surface area contributed by atoms with Crippen molar-refractivity contribution in [3.8, 4) is 0 Å². The van der Waals surface area contributed by atoms with Crippen LogP contribution in [-0.4, -0.2) is 24.2 Å². The molecule has 0 spiro atoms. The fourth-order valence-corrected chi connectivity index (χ4v) is 2.95. The molecule has 0 heterocycles. The molecule has 3 aromatic carbocycles. The third-order valence-electron chi connectivity index (χ3n) is 4.22. The Hall–Kier alpha value is -3.15. The normalized spacial score (nSPS) is 11.4. The molecule has 0 radical (unpaired) electrons. The van der Waals surface area contributed by atoms with Crippen molar-refractivity contribution >= 4 is 40.9 Å². The highest BCUT2D eigenvalue weighted by Crippen LogP contribution is 2.24. The number of carbonyl (C=O) groups is 3. The topological polar surface area (TPSA) is 72.5 Å². The second-order valence-electron chi connectivity index (χ2n) is 6.34. The van der Waals surface area contributed by atoms with Crippen LogP contribution >= 0.6 is 23.2 Å². The fourth-order valence-electron chi connectivity index (χ4n) is 2.69. The number of carbonyl (C=O) groups excluding carboxylic acids is 3. The van der Waals surface area contributed by atoms with Gasteiger partial charge in [0.25, 0.3) is 5.91 Å². The summed E-state index contributed by atoms with van der Waals surface area (Å²) >= 11 is 11.7. The Labute approximate surface area is 183 Å². The lowest BCUT2D eigenvalue weighted by atomic mass is 10.00. The number of ketones is 1. The van der Waals surface area contributed by atoms with E-state index >= 15 is 0 Å². The molecule has 0 saturated carbocycles. The molecule has 3 rings (SSSR count). The van der Waals surface area contributed by atoms with Gasteiger partial charge in [-0.25, -0.2) is 0 Å². The number of Topliss-reactive ketones (excluding diaryl/α,β-unsaturated/α-hetero) is 1. The first-order chi connectivity index (χ1) is 14.4. The van der Waals surface area contributed by atoms with Crippen LogP contribution in [-0.2, 0) is 9.53 Å². The maximum Gasteiger partial charge on any atom is 0.326 e. The summed E-state index contributed by atoms with van der Waals surface area (Å²) in [4.78, 5) is 37.5. The molecule has 30 heavy (non-hydrogen) atoms. The number of hydrogen-bond donors (Lipinski definition) is 1. The highest BCUT2D eigenvalue weighted by molar-refractivity contribution is 6.30. The molecule has 0 aliphatic carbocycles. The van der Waals surface area contributed by atoms with Gasteiger partial charge in [-0.1, -0.05) is 65.7 Å². The van der Waals surface area contributed by atoms with E-state index in [4.69, 9.17) is 27.9 Å². The van der Waals surface area contributed by atoms with Gasteiger partial charge in [-0.05, 0) is 36.4 Å². The van der Waals surface area contributed by atoms with Crippen molar-refractivity contribution in [1.82, 2.24) is 5.32 Å². The van der Waals surface area contributed by atoms with Gasteiger partial charge < -0.3 is 10.1 Å². The molecule has 0 aromatic heterocycles. The second-order valence-corrected chi connectivity index (χ2v) is 7.21. The quantitative estimate of drug-likeness (QED) is 0.418. The zero-order valence-electron chi connectivity index (χ0n) is 15.7. The molecular formula is C23H17Cl2NO4. The van der Waals surface area contributed by atoms with E-state index in [1.807, 2.05) is 0 Å². The number of benzene rings is 3. The Kier molecular flexibility index (Phi) is 7.22. The van der Waals surface area contributed by atoms with Crippen molar-refractivity contribution in [3.63, 3.8) is 0 Å². The predicted molar refractivity (Wildman–Crippen MR) is 115 cm³/mol. The molecule has 1 N–H and O–H groups in total. The Morgan fingerprint density at radius 1 is 0.767 bits per heavy atom. The van der Waals surface area contributed by atoms with E-state index < -0.39 is 24.5 Å². The molecule has 0 bridgehead atoms. The summed E-state index contributed by atoms with van der Waals surface area (Å²) in [5.74, 6) is -1.59. The Morgan fingerprint density at radius 3 is 1.93 bits per heavy atom. The van der Waals surface area contributed by atoms with E-state index in [1.54, 1.807) is 78.9 Å². The first-order valence-electron chi connectivity index (χ1n) is 9.02. The Balaban J connectivity index is 1.71. The van der Waals surface area contributed by atoms with Crippen molar-refractivity contribution in [1.29, 1.82) is 0 Å². The number of nitrogens with one attached hydrogen (secondary N) is 1. The third-order valence-corrected chi connectivity index (χ3v) is 4.72. The molecule has 0 fully saturated rings. The molecule has 0 saturated heterocycles. The molecule has 5 nitrogen and oxygen atoms in total. The van der Waals surface area contributed by atoms with Gasteiger partial charge in [-0.15, -0.1) is 0 Å². The number of amides is 1. The minimum Gasteiger partial charge on any atom is -0.448 e. The van der Waals surface area contributed by atoms with Crippen LogP contribution in [0.5, 0.6) is 0 Å². The predicted octanol–water partition coefficient (Wildman–Crippen LogP) is 4.89. The molecule has 3 aromatic rings. The zero-order valence-corrected chi connectivity index (χ0v) is 17.2. The molecule has 0 aliphatic heterocycles. The SMILES string of the molecule is O=C(CNC(=O)c1ccc(Cl)cc1)OC(C(=O)c1ccccc1)c1ccc(Cl)cc1.